The number of unbranched alkanes of at least 4 members (excludes halogenated alkanes) is 6. The van der Waals surface area contributed by atoms with E-state index in [2.05, 4.69) is 14.7 Å². The van der Waals surface area contributed by atoms with Gasteiger partial charge in [-0.25, -0.2) is 32.3 Å². The second-order valence-corrected chi connectivity index (χ2v) is 12.8. The van der Waals surface area contributed by atoms with E-state index in [4.69, 9.17) is 14.6 Å². The minimum Gasteiger partial charge on any atom is -0.478 e. The average Bonchev–Trinajstić information content (AvgIpc) is 2.93. The topological polar surface area (TPSA) is 145 Å². The largest absolute Gasteiger partial charge is 0.478 e. The van der Waals surface area contributed by atoms with Crippen molar-refractivity contribution in [3.05, 3.63) is 71.8 Å². The Morgan fingerprint density at radius 2 is 1.47 bits per heavy atom. The fourth-order valence-corrected chi connectivity index (χ4v) is 5.12. The van der Waals surface area contributed by atoms with Crippen LogP contribution in [0.1, 0.15) is 88.1 Å². The normalized spacial score (nSPS) is 11.6. The maximum atomic E-state index is 14.4. The predicted molar refractivity (Wildman–Crippen MR) is 159 cm³/mol. The summed E-state index contributed by atoms with van der Waals surface area (Å²) in [5.41, 5.74) is -0.0719. The second kappa shape index (κ2) is 15.4. The highest BCUT2D eigenvalue weighted by Gasteiger charge is 2.17. The average molecular weight is 616 g/mol. The number of benzene rings is 2. The number of carbonyl (C=O) groups is 2. The molecule has 2 N–H and O–H groups in total. The number of carbonyl (C=O) groups excluding carboxylic acids is 1. The number of aryl methyl sites for hydroxylation is 1. The first-order valence-electron chi connectivity index (χ1n) is 14.2. The van der Waals surface area contributed by atoms with Crippen molar-refractivity contribution in [2.75, 3.05) is 4.72 Å². The maximum absolute atomic E-state index is 14.4. The number of aromatic carboxylic acids is 1. The number of aromatic nitrogens is 2. The zero-order chi connectivity index (χ0) is 31.5. The summed E-state index contributed by atoms with van der Waals surface area (Å²) in [6.45, 7) is 5.59. The number of carboxylic acids is 1. The number of ether oxygens (including phenoxy) is 2. The van der Waals surface area contributed by atoms with E-state index in [9.17, 15) is 22.4 Å². The molecule has 0 bridgehead atoms. The number of sulfonamides is 1. The molecule has 2 aromatic carbocycles. The van der Waals surface area contributed by atoms with Crippen molar-refractivity contribution in [3.8, 4) is 11.5 Å². The highest BCUT2D eigenvalue weighted by molar-refractivity contribution is 7.92. The van der Waals surface area contributed by atoms with Crippen molar-refractivity contribution in [2.24, 2.45) is 0 Å². The monoisotopic (exact) mass is 615 g/mol. The van der Waals surface area contributed by atoms with Gasteiger partial charge >= 0.3 is 11.9 Å². The first-order valence-corrected chi connectivity index (χ1v) is 15.7. The second-order valence-electron chi connectivity index (χ2n) is 11.1. The molecule has 12 heteroatoms. The molecule has 0 aliphatic heterocycles. The maximum Gasteiger partial charge on any atom is 0.338 e. The highest BCUT2D eigenvalue weighted by atomic mass is 32.2. The van der Waals surface area contributed by atoms with Gasteiger partial charge in [0.05, 0.1) is 10.5 Å². The van der Waals surface area contributed by atoms with Gasteiger partial charge in [-0.15, -0.1) is 0 Å². The van der Waals surface area contributed by atoms with Gasteiger partial charge < -0.3 is 14.6 Å². The van der Waals surface area contributed by atoms with Gasteiger partial charge in [0.1, 0.15) is 22.9 Å². The third kappa shape index (κ3) is 11.6. The van der Waals surface area contributed by atoms with Crippen LogP contribution in [0.2, 0.25) is 0 Å². The van der Waals surface area contributed by atoms with Crippen LogP contribution in [0, 0.1) is 5.82 Å². The first-order chi connectivity index (χ1) is 20.3. The Labute approximate surface area is 251 Å². The van der Waals surface area contributed by atoms with Gasteiger partial charge in [-0.05, 0) is 88.1 Å². The van der Waals surface area contributed by atoms with Gasteiger partial charge in [0, 0.05) is 18.8 Å². The molecule has 0 spiro atoms. The van der Waals surface area contributed by atoms with Crippen LogP contribution in [-0.2, 0) is 26.0 Å². The van der Waals surface area contributed by atoms with E-state index < -0.39 is 21.6 Å². The Bertz CT molecular complexity index is 1470. The van der Waals surface area contributed by atoms with E-state index in [0.717, 1.165) is 57.3 Å². The summed E-state index contributed by atoms with van der Waals surface area (Å²) in [4.78, 5) is 30.0. The van der Waals surface area contributed by atoms with Crippen LogP contribution < -0.4 is 9.46 Å². The highest BCUT2D eigenvalue weighted by Crippen LogP contribution is 2.26. The molecule has 43 heavy (non-hydrogen) atoms. The van der Waals surface area contributed by atoms with Crippen molar-refractivity contribution in [3.63, 3.8) is 0 Å². The SMILES string of the molecule is CC(C)(C)OC(=O)CCCCCCCCCc1cc(Oc2ccc(S(=O)(=O)Nc3ncc(C(=O)O)cn3)cc2)ccc1F. The molecule has 0 saturated carbocycles. The van der Waals surface area contributed by atoms with Crippen LogP contribution in [0.15, 0.2) is 59.8 Å². The van der Waals surface area contributed by atoms with E-state index in [1.54, 1.807) is 6.07 Å². The quantitative estimate of drug-likeness (QED) is 0.130. The minimum atomic E-state index is -4.03. The number of nitrogens with zero attached hydrogens (tertiary/aromatic N) is 2. The lowest BCUT2D eigenvalue weighted by Gasteiger charge is -2.19. The zero-order valence-electron chi connectivity index (χ0n) is 24.6. The number of hydrogen-bond acceptors (Lipinski definition) is 8. The molecular formula is C31H38FN3O7S. The fourth-order valence-electron chi connectivity index (χ4n) is 4.16. The van der Waals surface area contributed by atoms with Crippen molar-refractivity contribution in [1.82, 2.24) is 9.97 Å². The van der Waals surface area contributed by atoms with Crippen LogP contribution >= 0.6 is 0 Å². The lowest BCUT2D eigenvalue weighted by atomic mass is 10.0. The molecule has 0 amide bonds. The molecule has 0 atom stereocenters. The molecule has 0 radical (unpaired) electrons. The van der Waals surface area contributed by atoms with Crippen molar-refractivity contribution < 1.29 is 37.0 Å². The number of carboxylic acid groups (broad SMARTS) is 1. The molecule has 3 rings (SSSR count). The van der Waals surface area contributed by atoms with Gasteiger partial charge in [-0.1, -0.05) is 32.1 Å². The van der Waals surface area contributed by atoms with E-state index >= 15 is 0 Å². The summed E-state index contributed by atoms with van der Waals surface area (Å²) in [6, 6.07) is 10.1. The van der Waals surface area contributed by atoms with Gasteiger partial charge in [-0.3, -0.25) is 4.79 Å². The summed E-state index contributed by atoms with van der Waals surface area (Å²) in [5.74, 6) is -1.15. The van der Waals surface area contributed by atoms with Crippen LogP contribution in [0.5, 0.6) is 11.5 Å². The molecule has 1 heterocycles. The predicted octanol–water partition coefficient (Wildman–Crippen LogP) is 6.91. The molecule has 0 fully saturated rings. The van der Waals surface area contributed by atoms with Crippen molar-refractivity contribution in [1.29, 1.82) is 0 Å². The van der Waals surface area contributed by atoms with Gasteiger partial charge in [0.15, 0.2) is 0 Å². The first kappa shape index (κ1) is 33.4. The molecule has 0 unspecified atom stereocenters. The Hall–Kier alpha value is -4.06. The van der Waals surface area contributed by atoms with Gasteiger partial charge in [0.2, 0.25) is 5.95 Å². The van der Waals surface area contributed by atoms with E-state index in [1.165, 1.54) is 36.4 Å². The lowest BCUT2D eigenvalue weighted by molar-refractivity contribution is -0.154. The summed E-state index contributed by atoms with van der Waals surface area (Å²) < 4.78 is 53.0. The number of nitrogens with one attached hydrogen (secondary N) is 1. The minimum absolute atomic E-state index is 0.0754. The number of esters is 1. The van der Waals surface area contributed by atoms with Crippen LogP contribution in [0.4, 0.5) is 10.3 Å². The Morgan fingerprint density at radius 3 is 2.07 bits per heavy atom. The Morgan fingerprint density at radius 1 is 0.884 bits per heavy atom. The molecule has 0 aliphatic rings. The van der Waals surface area contributed by atoms with Crippen molar-refractivity contribution in [2.45, 2.75) is 89.1 Å². The van der Waals surface area contributed by atoms with Gasteiger partial charge in [0.25, 0.3) is 10.0 Å². The standard InChI is InChI=1S/C31H38FN3O7S/c1-31(2,3)42-28(36)12-10-8-6-4-5-7-9-11-22-19-25(15-18-27(22)32)41-24-13-16-26(17-14-24)43(39,40)35-30-33-20-23(21-34-30)29(37)38/h13-21H,4-12H2,1-3H3,(H,37,38)(H,33,34,35). The smallest absolute Gasteiger partial charge is 0.338 e. The van der Waals surface area contributed by atoms with E-state index in [0.29, 0.717) is 29.9 Å². The van der Waals surface area contributed by atoms with Crippen molar-refractivity contribution >= 4 is 27.9 Å². The number of hydrogen-bond donors (Lipinski definition) is 2. The third-order valence-corrected chi connectivity index (χ3v) is 7.60. The molecule has 0 aliphatic carbocycles. The number of rotatable bonds is 16. The molecule has 10 nitrogen and oxygen atoms in total. The summed E-state index contributed by atoms with van der Waals surface area (Å²) in [6.07, 6.45) is 9.76. The zero-order valence-corrected chi connectivity index (χ0v) is 25.5. The van der Waals surface area contributed by atoms with Crippen LogP contribution in [0.3, 0.4) is 0 Å². The summed E-state index contributed by atoms with van der Waals surface area (Å²) in [7, 11) is -4.03. The molecule has 0 saturated heterocycles. The number of halogens is 1. The fraction of sp³-hybridized carbons (Fsp3) is 0.419. The third-order valence-electron chi connectivity index (χ3n) is 6.26. The summed E-state index contributed by atoms with van der Waals surface area (Å²) in [5, 5.41) is 8.91. The van der Waals surface area contributed by atoms with E-state index in [1.807, 2.05) is 20.8 Å². The molecule has 1 aromatic heterocycles. The van der Waals surface area contributed by atoms with Crippen LogP contribution in [-0.4, -0.2) is 41.0 Å². The molecule has 3 aromatic rings. The Balaban J connectivity index is 1.42. The van der Waals surface area contributed by atoms with E-state index in [-0.39, 0.29) is 28.2 Å². The molecular weight excluding hydrogens is 577 g/mol. The van der Waals surface area contributed by atoms with Gasteiger partial charge in [-0.2, -0.15) is 0 Å². The lowest BCUT2D eigenvalue weighted by Crippen LogP contribution is -2.23. The van der Waals surface area contributed by atoms with Crippen LogP contribution in [0.25, 0.3) is 0 Å². The Kier molecular flexibility index (Phi) is 12.0. The summed E-state index contributed by atoms with van der Waals surface area (Å²) >= 11 is 0. The molecule has 232 valence electrons. The number of anilines is 1.